The van der Waals surface area contributed by atoms with E-state index in [4.69, 9.17) is 0 Å². The number of carbonyl (C=O) groups excluding carboxylic acids is 1. The highest BCUT2D eigenvalue weighted by atomic mass is 32.1. The molecule has 0 saturated heterocycles. The second kappa shape index (κ2) is 7.32. The van der Waals surface area contributed by atoms with Gasteiger partial charge in [0.25, 0.3) is 5.56 Å². The maximum absolute atomic E-state index is 12.3. The van der Waals surface area contributed by atoms with Crippen molar-refractivity contribution < 1.29 is 4.79 Å². The van der Waals surface area contributed by atoms with E-state index < -0.39 is 0 Å². The van der Waals surface area contributed by atoms with Gasteiger partial charge in [0, 0.05) is 23.5 Å². The second-order valence-corrected chi connectivity index (χ2v) is 7.37. The Morgan fingerprint density at radius 3 is 2.82 bits per heavy atom. The number of anilines is 1. The Kier molecular flexibility index (Phi) is 4.70. The van der Waals surface area contributed by atoms with Gasteiger partial charge in [-0.25, -0.2) is 14.6 Å². The van der Waals surface area contributed by atoms with Crippen molar-refractivity contribution in [2.24, 2.45) is 0 Å². The van der Waals surface area contributed by atoms with Gasteiger partial charge in [-0.15, -0.1) is 0 Å². The summed E-state index contributed by atoms with van der Waals surface area (Å²) in [6.45, 7) is 3.56. The first kappa shape index (κ1) is 18.0. The van der Waals surface area contributed by atoms with E-state index in [1.54, 1.807) is 19.2 Å². The molecule has 0 fully saturated rings. The van der Waals surface area contributed by atoms with E-state index >= 15 is 0 Å². The summed E-state index contributed by atoms with van der Waals surface area (Å²) in [6.07, 6.45) is 1.75. The Balaban J connectivity index is 1.53. The summed E-state index contributed by atoms with van der Waals surface area (Å²) in [6, 6.07) is 12.6. The minimum atomic E-state index is -0.308. The van der Waals surface area contributed by atoms with Gasteiger partial charge in [-0.1, -0.05) is 11.3 Å². The smallest absolute Gasteiger partial charge is 0.267 e. The number of thiazole rings is 1. The standard InChI is InChI=1S/C20H17N5O2S/c1-12-10-14(19-23-16-4-3-9-21-20(16)28-19)6-7-15(12)22-17(26)11-25-18(27)8-5-13(2)24-25/h3-10H,11H2,1-2H3,(H,22,26). The zero-order chi connectivity index (χ0) is 19.7. The van der Waals surface area contributed by atoms with Crippen LogP contribution in [-0.2, 0) is 11.3 Å². The van der Waals surface area contributed by atoms with Crippen molar-refractivity contribution in [1.82, 2.24) is 19.7 Å². The number of hydrogen-bond acceptors (Lipinski definition) is 6. The third-order valence-corrected chi connectivity index (χ3v) is 5.24. The van der Waals surface area contributed by atoms with Crippen molar-refractivity contribution in [1.29, 1.82) is 0 Å². The van der Waals surface area contributed by atoms with Gasteiger partial charge < -0.3 is 5.32 Å². The van der Waals surface area contributed by atoms with Crippen LogP contribution in [-0.4, -0.2) is 25.7 Å². The van der Waals surface area contributed by atoms with Gasteiger partial charge in [-0.2, -0.15) is 5.10 Å². The predicted molar refractivity (Wildman–Crippen MR) is 109 cm³/mol. The van der Waals surface area contributed by atoms with Gasteiger partial charge in [0.2, 0.25) is 5.91 Å². The van der Waals surface area contributed by atoms with E-state index in [0.717, 1.165) is 31.2 Å². The summed E-state index contributed by atoms with van der Waals surface area (Å²) in [5, 5.41) is 7.80. The molecular weight excluding hydrogens is 374 g/mol. The van der Waals surface area contributed by atoms with Crippen LogP contribution in [0.15, 0.2) is 53.5 Å². The minimum absolute atomic E-state index is 0.134. The van der Waals surface area contributed by atoms with Crippen molar-refractivity contribution in [3.05, 3.63) is 70.3 Å². The lowest BCUT2D eigenvalue weighted by molar-refractivity contribution is -0.117. The number of carbonyl (C=O) groups is 1. The largest absolute Gasteiger partial charge is 0.324 e. The lowest BCUT2D eigenvalue weighted by Crippen LogP contribution is -2.29. The Labute approximate surface area is 164 Å². The van der Waals surface area contributed by atoms with Crippen molar-refractivity contribution in [3.8, 4) is 10.6 Å². The molecule has 4 rings (SSSR count). The normalized spacial score (nSPS) is 10.9. The number of amides is 1. The van der Waals surface area contributed by atoms with Gasteiger partial charge in [0.15, 0.2) is 0 Å². The number of nitrogens with one attached hydrogen (secondary N) is 1. The molecule has 3 aromatic heterocycles. The molecule has 0 aliphatic heterocycles. The first-order chi connectivity index (χ1) is 13.5. The second-order valence-electron chi connectivity index (χ2n) is 6.40. The van der Waals surface area contributed by atoms with Crippen molar-refractivity contribution >= 4 is 33.3 Å². The number of benzene rings is 1. The number of aromatic nitrogens is 4. The molecule has 3 heterocycles. The molecule has 0 spiro atoms. The molecular formula is C20H17N5O2S. The summed E-state index contributed by atoms with van der Waals surface area (Å²) in [5.41, 5.74) is 3.80. The fraction of sp³-hybridized carbons (Fsp3) is 0.150. The van der Waals surface area contributed by atoms with Crippen molar-refractivity contribution in [2.75, 3.05) is 5.32 Å². The highest BCUT2D eigenvalue weighted by Gasteiger charge is 2.11. The first-order valence-corrected chi connectivity index (χ1v) is 9.48. The van der Waals surface area contributed by atoms with Gasteiger partial charge >= 0.3 is 0 Å². The van der Waals surface area contributed by atoms with E-state index in [9.17, 15) is 9.59 Å². The predicted octanol–water partition coefficient (Wildman–Crippen LogP) is 3.17. The molecule has 8 heteroatoms. The molecule has 0 unspecified atom stereocenters. The van der Waals surface area contributed by atoms with E-state index in [1.807, 2.05) is 37.3 Å². The molecule has 0 bridgehead atoms. The summed E-state index contributed by atoms with van der Waals surface area (Å²) in [4.78, 5) is 34.0. The van der Waals surface area contributed by atoms with Crippen LogP contribution in [0.1, 0.15) is 11.3 Å². The van der Waals surface area contributed by atoms with Crippen LogP contribution in [0, 0.1) is 13.8 Å². The van der Waals surface area contributed by atoms with Crippen LogP contribution in [0.4, 0.5) is 5.69 Å². The van der Waals surface area contributed by atoms with Crippen LogP contribution in [0.3, 0.4) is 0 Å². The average molecular weight is 391 g/mol. The summed E-state index contributed by atoms with van der Waals surface area (Å²) in [5.74, 6) is -0.305. The number of nitrogens with zero attached hydrogens (tertiary/aromatic N) is 4. The highest BCUT2D eigenvalue weighted by molar-refractivity contribution is 7.21. The van der Waals surface area contributed by atoms with E-state index in [2.05, 4.69) is 20.4 Å². The number of fused-ring (bicyclic) bond motifs is 1. The molecule has 0 saturated carbocycles. The Morgan fingerprint density at radius 1 is 1.18 bits per heavy atom. The van der Waals surface area contributed by atoms with Crippen LogP contribution in [0.2, 0.25) is 0 Å². The molecule has 0 aliphatic rings. The molecule has 28 heavy (non-hydrogen) atoms. The highest BCUT2D eigenvalue weighted by Crippen LogP contribution is 2.30. The average Bonchev–Trinajstić information content (AvgIpc) is 3.10. The minimum Gasteiger partial charge on any atom is -0.324 e. The van der Waals surface area contributed by atoms with Crippen molar-refractivity contribution in [3.63, 3.8) is 0 Å². The van der Waals surface area contributed by atoms with E-state index in [1.165, 1.54) is 17.4 Å². The maximum atomic E-state index is 12.3. The molecule has 0 aliphatic carbocycles. The topological polar surface area (TPSA) is 89.8 Å². The molecule has 4 aromatic rings. The monoisotopic (exact) mass is 391 g/mol. The molecule has 0 radical (unpaired) electrons. The summed E-state index contributed by atoms with van der Waals surface area (Å²) >= 11 is 1.53. The molecule has 0 atom stereocenters. The van der Waals surface area contributed by atoms with Crippen LogP contribution >= 0.6 is 11.3 Å². The quantitative estimate of drug-likeness (QED) is 0.577. The Morgan fingerprint density at radius 2 is 2.04 bits per heavy atom. The first-order valence-electron chi connectivity index (χ1n) is 8.67. The third-order valence-electron chi connectivity index (χ3n) is 4.21. The summed E-state index contributed by atoms with van der Waals surface area (Å²) in [7, 11) is 0. The Hall–Kier alpha value is -3.39. The van der Waals surface area contributed by atoms with Crippen LogP contribution < -0.4 is 10.9 Å². The third kappa shape index (κ3) is 3.67. The lowest BCUT2D eigenvalue weighted by Gasteiger charge is -2.10. The fourth-order valence-electron chi connectivity index (χ4n) is 2.82. The molecule has 1 N–H and O–H groups in total. The van der Waals surface area contributed by atoms with Gasteiger partial charge in [-0.05, 0) is 55.8 Å². The fourth-order valence-corrected chi connectivity index (χ4v) is 3.72. The van der Waals surface area contributed by atoms with Gasteiger partial charge in [0.1, 0.15) is 21.9 Å². The van der Waals surface area contributed by atoms with E-state index in [0.29, 0.717) is 11.4 Å². The zero-order valence-corrected chi connectivity index (χ0v) is 16.2. The maximum Gasteiger partial charge on any atom is 0.267 e. The zero-order valence-electron chi connectivity index (χ0n) is 15.3. The van der Waals surface area contributed by atoms with E-state index in [-0.39, 0.29) is 18.0 Å². The molecule has 1 aromatic carbocycles. The lowest BCUT2D eigenvalue weighted by atomic mass is 10.1. The van der Waals surface area contributed by atoms with Gasteiger partial charge in [-0.3, -0.25) is 9.59 Å². The van der Waals surface area contributed by atoms with Crippen molar-refractivity contribution in [2.45, 2.75) is 20.4 Å². The number of aryl methyl sites for hydroxylation is 2. The molecule has 140 valence electrons. The van der Waals surface area contributed by atoms with Gasteiger partial charge in [0.05, 0.1) is 5.69 Å². The molecule has 1 amide bonds. The number of hydrogen-bond donors (Lipinski definition) is 1. The number of rotatable bonds is 4. The summed E-state index contributed by atoms with van der Waals surface area (Å²) < 4.78 is 1.16. The van der Waals surface area contributed by atoms with Crippen LogP contribution in [0.5, 0.6) is 0 Å². The van der Waals surface area contributed by atoms with Crippen LogP contribution in [0.25, 0.3) is 20.9 Å². The molecule has 7 nitrogen and oxygen atoms in total. The SMILES string of the molecule is Cc1ccc(=O)n(CC(=O)Nc2ccc(-c3nc4cccnc4s3)cc2C)n1. The number of pyridine rings is 1. The Bertz CT molecular complexity index is 1210.